The zero-order valence-electron chi connectivity index (χ0n) is 14.7. The molecular weight excluding hydrogens is 326 g/mol. The Kier molecular flexibility index (Phi) is 5.86. The topological polar surface area (TPSA) is 63.7 Å². The highest BCUT2D eigenvalue weighted by Gasteiger charge is 2.25. The molecule has 24 heavy (non-hydrogen) atoms. The van der Waals surface area contributed by atoms with E-state index in [9.17, 15) is 4.79 Å². The molecule has 2 aliphatic rings. The van der Waals surface area contributed by atoms with Gasteiger partial charge in [0.2, 0.25) is 0 Å². The van der Waals surface area contributed by atoms with E-state index in [0.717, 1.165) is 25.3 Å². The molecule has 1 aromatic heterocycles. The molecule has 7 heteroatoms. The fourth-order valence-corrected chi connectivity index (χ4v) is 3.63. The Morgan fingerprint density at radius 1 is 1.46 bits per heavy atom. The fraction of sp³-hybridized carbons (Fsp3) is 0.765. The maximum atomic E-state index is 12.1. The predicted octanol–water partition coefficient (Wildman–Crippen LogP) is 2.51. The number of hydrogen-bond donors (Lipinski definition) is 1. The Bertz CT molecular complexity index is 551. The van der Waals surface area contributed by atoms with Gasteiger partial charge >= 0.3 is 0 Å². The molecule has 0 radical (unpaired) electrons. The van der Waals surface area contributed by atoms with Gasteiger partial charge in [-0.15, -0.1) is 11.3 Å². The lowest BCUT2D eigenvalue weighted by molar-refractivity contribution is -0.126. The highest BCUT2D eigenvalue weighted by molar-refractivity contribution is 7.13. The summed E-state index contributed by atoms with van der Waals surface area (Å²) in [4.78, 5) is 19.0. The molecule has 3 unspecified atom stereocenters. The first-order chi connectivity index (χ1) is 11.5. The molecule has 1 N–H and O–H groups in total. The van der Waals surface area contributed by atoms with Gasteiger partial charge in [0.25, 0.3) is 5.91 Å². The van der Waals surface area contributed by atoms with Crippen LogP contribution in [0.4, 0.5) is 5.13 Å². The lowest BCUT2D eigenvalue weighted by atomic mass is 10.2. The molecule has 6 nitrogen and oxygen atoms in total. The molecule has 1 saturated carbocycles. The molecule has 2 heterocycles. The van der Waals surface area contributed by atoms with Crippen LogP contribution in [-0.2, 0) is 20.8 Å². The van der Waals surface area contributed by atoms with Crippen LogP contribution in [0.1, 0.15) is 39.3 Å². The maximum absolute atomic E-state index is 12.1. The molecule has 3 atom stereocenters. The second-order valence-electron chi connectivity index (χ2n) is 7.00. The molecule has 0 bridgehead atoms. The number of aromatic nitrogens is 1. The van der Waals surface area contributed by atoms with E-state index < -0.39 is 6.10 Å². The molecule has 2 fully saturated rings. The molecule has 1 saturated heterocycles. The van der Waals surface area contributed by atoms with E-state index in [1.165, 1.54) is 24.2 Å². The van der Waals surface area contributed by atoms with Crippen molar-refractivity contribution in [3.8, 4) is 0 Å². The predicted molar refractivity (Wildman–Crippen MR) is 94.2 cm³/mol. The minimum absolute atomic E-state index is 0.120. The minimum atomic E-state index is -0.432. The molecule has 1 aliphatic heterocycles. The third kappa shape index (κ3) is 5.24. The van der Waals surface area contributed by atoms with Crippen molar-refractivity contribution in [1.29, 1.82) is 0 Å². The summed E-state index contributed by atoms with van der Waals surface area (Å²) in [6.45, 7) is 9.29. The zero-order valence-corrected chi connectivity index (χ0v) is 15.5. The monoisotopic (exact) mass is 353 g/mol. The van der Waals surface area contributed by atoms with Gasteiger partial charge in [0.05, 0.1) is 24.5 Å². The molecule has 0 spiro atoms. The number of nitrogens with zero attached hydrogens (tertiary/aromatic N) is 2. The Morgan fingerprint density at radius 2 is 2.17 bits per heavy atom. The number of thiazole rings is 1. The molecule has 1 aliphatic carbocycles. The second-order valence-corrected chi connectivity index (χ2v) is 7.86. The van der Waals surface area contributed by atoms with E-state index >= 15 is 0 Å². The van der Waals surface area contributed by atoms with Gasteiger partial charge in [-0.3, -0.25) is 15.0 Å². The van der Waals surface area contributed by atoms with E-state index in [1.807, 2.05) is 5.38 Å². The van der Waals surface area contributed by atoms with Crippen molar-refractivity contribution in [2.75, 3.05) is 25.0 Å². The first-order valence-electron chi connectivity index (χ1n) is 8.74. The normalized spacial score (nSPS) is 26.3. The molecule has 1 aromatic rings. The minimum Gasteiger partial charge on any atom is -0.373 e. The molecule has 134 valence electrons. The van der Waals surface area contributed by atoms with E-state index in [1.54, 1.807) is 6.92 Å². The number of carbonyl (C=O) groups excluding carboxylic acids is 1. The van der Waals surface area contributed by atoms with Crippen molar-refractivity contribution in [3.63, 3.8) is 0 Å². The number of hydrogen-bond acceptors (Lipinski definition) is 6. The maximum Gasteiger partial charge on any atom is 0.254 e. The van der Waals surface area contributed by atoms with Gasteiger partial charge in [-0.05, 0) is 39.5 Å². The van der Waals surface area contributed by atoms with E-state index in [4.69, 9.17) is 9.47 Å². The average molecular weight is 353 g/mol. The van der Waals surface area contributed by atoms with Crippen molar-refractivity contribution in [2.24, 2.45) is 5.92 Å². The number of rotatable bonds is 7. The van der Waals surface area contributed by atoms with Crippen LogP contribution in [0.3, 0.4) is 0 Å². The summed E-state index contributed by atoms with van der Waals surface area (Å²) in [6.07, 6.45) is 2.51. The number of ether oxygens (including phenoxy) is 2. The van der Waals surface area contributed by atoms with Gasteiger partial charge in [0.1, 0.15) is 6.10 Å². The van der Waals surface area contributed by atoms with Crippen molar-refractivity contribution < 1.29 is 14.3 Å². The van der Waals surface area contributed by atoms with Gasteiger partial charge < -0.3 is 9.47 Å². The summed E-state index contributed by atoms with van der Waals surface area (Å²) in [5, 5.41) is 5.52. The zero-order chi connectivity index (χ0) is 17.1. The Morgan fingerprint density at radius 3 is 2.83 bits per heavy atom. The summed E-state index contributed by atoms with van der Waals surface area (Å²) >= 11 is 1.47. The Labute approximate surface area is 147 Å². The summed E-state index contributed by atoms with van der Waals surface area (Å²) in [5.74, 6) is 0.537. The standard InChI is InChI=1S/C17H27N3O3S/c1-11-6-20(7-12(2)23-11)8-15-10-24-17(18-15)19-16(21)13(3)22-9-14-4-5-14/h10-14H,4-9H2,1-3H3,(H,18,19,21). The van der Waals surface area contributed by atoms with E-state index in [2.05, 4.69) is 29.0 Å². The van der Waals surface area contributed by atoms with Gasteiger partial charge in [-0.2, -0.15) is 0 Å². The first-order valence-corrected chi connectivity index (χ1v) is 9.62. The van der Waals surface area contributed by atoms with Crippen molar-refractivity contribution in [2.45, 2.75) is 58.5 Å². The highest BCUT2D eigenvalue weighted by Crippen LogP contribution is 2.29. The highest BCUT2D eigenvalue weighted by atomic mass is 32.1. The van der Waals surface area contributed by atoms with Gasteiger partial charge in [0, 0.05) is 25.0 Å². The quantitative estimate of drug-likeness (QED) is 0.816. The van der Waals surface area contributed by atoms with Crippen LogP contribution in [0.25, 0.3) is 0 Å². The number of amides is 1. The largest absolute Gasteiger partial charge is 0.373 e. The third-order valence-corrected chi connectivity index (χ3v) is 5.12. The smallest absolute Gasteiger partial charge is 0.254 e. The lowest BCUT2D eigenvalue weighted by Crippen LogP contribution is -2.44. The number of morpholine rings is 1. The van der Waals surface area contributed by atoms with Gasteiger partial charge in [-0.25, -0.2) is 4.98 Å². The summed E-state index contributed by atoms with van der Waals surface area (Å²) in [5.41, 5.74) is 0.989. The van der Waals surface area contributed by atoms with Crippen LogP contribution >= 0.6 is 11.3 Å². The van der Waals surface area contributed by atoms with Crippen LogP contribution < -0.4 is 5.32 Å². The third-order valence-electron chi connectivity index (χ3n) is 4.31. The molecule has 3 rings (SSSR count). The molecule has 1 amide bonds. The summed E-state index contributed by atoms with van der Waals surface area (Å²) in [6, 6.07) is 0. The van der Waals surface area contributed by atoms with Crippen molar-refractivity contribution in [1.82, 2.24) is 9.88 Å². The lowest BCUT2D eigenvalue weighted by Gasteiger charge is -2.34. The first kappa shape index (κ1) is 17.8. The Hall–Kier alpha value is -1.02. The van der Waals surface area contributed by atoms with Crippen molar-refractivity contribution >= 4 is 22.4 Å². The van der Waals surface area contributed by atoms with Crippen LogP contribution in [0.2, 0.25) is 0 Å². The van der Waals surface area contributed by atoms with E-state index in [0.29, 0.717) is 17.7 Å². The number of nitrogens with one attached hydrogen (secondary N) is 1. The van der Waals surface area contributed by atoms with E-state index in [-0.39, 0.29) is 18.1 Å². The van der Waals surface area contributed by atoms with Gasteiger partial charge in [0.15, 0.2) is 5.13 Å². The number of anilines is 1. The summed E-state index contributed by atoms with van der Waals surface area (Å²) in [7, 11) is 0. The Balaban J connectivity index is 1.46. The van der Waals surface area contributed by atoms with Crippen LogP contribution in [-0.4, -0.2) is 53.8 Å². The summed E-state index contributed by atoms with van der Waals surface area (Å²) < 4.78 is 11.3. The average Bonchev–Trinajstić information content (AvgIpc) is 3.24. The van der Waals surface area contributed by atoms with Crippen LogP contribution in [0.15, 0.2) is 5.38 Å². The van der Waals surface area contributed by atoms with Crippen LogP contribution in [0, 0.1) is 5.92 Å². The second kappa shape index (κ2) is 7.91. The number of carbonyl (C=O) groups is 1. The van der Waals surface area contributed by atoms with Crippen molar-refractivity contribution in [3.05, 3.63) is 11.1 Å². The molecular formula is C17H27N3O3S. The van der Waals surface area contributed by atoms with Gasteiger partial charge in [-0.1, -0.05) is 0 Å². The fourth-order valence-electron chi connectivity index (χ4n) is 2.93. The van der Waals surface area contributed by atoms with Crippen LogP contribution in [0.5, 0.6) is 0 Å². The SMILES string of the molecule is CC1CN(Cc2csc(NC(=O)C(C)OCC3CC3)n2)CC(C)O1. The molecule has 0 aromatic carbocycles.